The third kappa shape index (κ3) is 8.64. The maximum Gasteiger partial charge on any atom is 1.00 e. The van der Waals surface area contributed by atoms with E-state index in [9.17, 15) is 9.59 Å². The molecule has 0 fully saturated rings. The summed E-state index contributed by atoms with van der Waals surface area (Å²) in [5.74, 6) is -1.01. The van der Waals surface area contributed by atoms with Crippen LogP contribution in [0.3, 0.4) is 0 Å². The van der Waals surface area contributed by atoms with Gasteiger partial charge in [-0.05, 0) is 30.0 Å². The number of rotatable bonds is 11. The number of amides is 2. The fraction of sp³-hybridized carbons (Fsp3) is 0.417. The Balaban J connectivity index is 0.00000512. The first-order chi connectivity index (χ1) is 14.8. The molecule has 0 aliphatic rings. The van der Waals surface area contributed by atoms with Crippen LogP contribution < -0.4 is 39.8 Å². The summed E-state index contributed by atoms with van der Waals surface area (Å²) >= 11 is 0. The molecule has 1 aromatic carbocycles. The smallest absolute Gasteiger partial charge is 0.537 e. The van der Waals surface area contributed by atoms with Gasteiger partial charge >= 0.3 is 29.6 Å². The van der Waals surface area contributed by atoms with Crippen molar-refractivity contribution in [2.45, 2.75) is 32.7 Å². The van der Waals surface area contributed by atoms with E-state index in [4.69, 9.17) is 5.21 Å². The van der Waals surface area contributed by atoms with E-state index in [0.29, 0.717) is 18.5 Å². The van der Waals surface area contributed by atoms with E-state index < -0.39 is 12.0 Å². The van der Waals surface area contributed by atoms with Crippen molar-refractivity contribution in [3.8, 4) is 0 Å². The summed E-state index contributed by atoms with van der Waals surface area (Å²) in [6, 6.07) is 12.3. The first-order valence-corrected chi connectivity index (χ1v) is 10.5. The number of pyridine rings is 1. The molecular formula is C24H32N4NaO3. The molecule has 0 bridgehead atoms. The van der Waals surface area contributed by atoms with Crippen LogP contribution in [0.2, 0.25) is 0 Å². The minimum atomic E-state index is -0.742. The van der Waals surface area contributed by atoms with Crippen LogP contribution in [0.15, 0.2) is 54.9 Å². The first kappa shape index (κ1) is 28.3. The SMILES string of the molecule is [CH2]C(C)C[C@@H](C(=O)N[C@@H](Cc1ccccc1)C(=O)N(C)c1ccncc1)[C@H](C)C[N-]O.[Na+]. The van der Waals surface area contributed by atoms with Crippen molar-refractivity contribution < 1.29 is 44.4 Å². The Kier molecular flexibility index (Phi) is 12.7. The van der Waals surface area contributed by atoms with Crippen molar-refractivity contribution in [2.75, 3.05) is 18.5 Å². The first-order valence-electron chi connectivity index (χ1n) is 10.5. The molecule has 32 heavy (non-hydrogen) atoms. The average Bonchev–Trinajstić information content (AvgIpc) is 2.77. The summed E-state index contributed by atoms with van der Waals surface area (Å²) in [6.45, 7) is 7.95. The number of hydrogen-bond donors (Lipinski definition) is 2. The topological polar surface area (TPSA) is 96.6 Å². The fourth-order valence-corrected chi connectivity index (χ4v) is 3.54. The van der Waals surface area contributed by atoms with Gasteiger partial charge in [0.1, 0.15) is 6.04 Å². The predicted octanol–water partition coefficient (Wildman–Crippen LogP) is 0.651. The van der Waals surface area contributed by atoms with E-state index in [0.717, 1.165) is 5.56 Å². The molecule has 0 saturated heterocycles. The van der Waals surface area contributed by atoms with Crippen LogP contribution in [0, 0.1) is 24.7 Å². The Morgan fingerprint density at radius 1 is 1.16 bits per heavy atom. The molecule has 2 rings (SSSR count). The van der Waals surface area contributed by atoms with Crippen LogP contribution in [0.1, 0.15) is 25.8 Å². The fourth-order valence-electron chi connectivity index (χ4n) is 3.54. The molecule has 4 atom stereocenters. The van der Waals surface area contributed by atoms with Crippen molar-refractivity contribution in [1.82, 2.24) is 10.3 Å². The maximum absolute atomic E-state index is 13.3. The Labute approximate surface area is 213 Å². The zero-order valence-corrected chi connectivity index (χ0v) is 21.4. The second-order valence-corrected chi connectivity index (χ2v) is 8.10. The van der Waals surface area contributed by atoms with Gasteiger partial charge in [0, 0.05) is 37.5 Å². The normalized spacial score (nSPS) is 13.6. The summed E-state index contributed by atoms with van der Waals surface area (Å²) in [5, 5.41) is 11.9. The van der Waals surface area contributed by atoms with Crippen molar-refractivity contribution in [2.24, 2.45) is 17.8 Å². The molecule has 2 N–H and O–H groups in total. The predicted molar refractivity (Wildman–Crippen MR) is 122 cm³/mol. The molecule has 8 heteroatoms. The molecule has 0 aliphatic carbocycles. The van der Waals surface area contributed by atoms with Crippen LogP contribution >= 0.6 is 0 Å². The summed E-state index contributed by atoms with van der Waals surface area (Å²) in [6.07, 6.45) is 4.15. The Morgan fingerprint density at radius 3 is 2.34 bits per heavy atom. The molecule has 7 nitrogen and oxygen atoms in total. The number of hydroxylamine groups is 1. The Morgan fingerprint density at radius 2 is 1.78 bits per heavy atom. The number of carbonyl (C=O) groups is 2. The van der Waals surface area contributed by atoms with Crippen LogP contribution in [0.4, 0.5) is 5.69 Å². The summed E-state index contributed by atoms with van der Waals surface area (Å²) < 4.78 is 0. The van der Waals surface area contributed by atoms with E-state index in [2.05, 4.69) is 22.7 Å². The van der Waals surface area contributed by atoms with Crippen LogP contribution in [-0.4, -0.2) is 41.6 Å². The zero-order valence-electron chi connectivity index (χ0n) is 19.4. The third-order valence-electron chi connectivity index (χ3n) is 5.33. The molecule has 1 radical (unpaired) electrons. The minimum absolute atomic E-state index is 0. The molecular weight excluding hydrogens is 415 g/mol. The number of nitrogens with zero attached hydrogens (tertiary/aromatic N) is 3. The van der Waals surface area contributed by atoms with Gasteiger partial charge in [0.05, 0.1) is 0 Å². The molecule has 0 saturated carbocycles. The van der Waals surface area contributed by atoms with Crippen molar-refractivity contribution in [3.05, 3.63) is 72.8 Å². The molecule has 2 aromatic rings. The summed E-state index contributed by atoms with van der Waals surface area (Å²) in [7, 11) is 1.69. The van der Waals surface area contributed by atoms with E-state index in [1.165, 1.54) is 4.90 Å². The van der Waals surface area contributed by atoms with E-state index in [1.54, 1.807) is 31.6 Å². The minimum Gasteiger partial charge on any atom is -0.537 e. The number of likely N-dealkylation sites (N-methyl/N-ethyl adjacent to an activating group) is 1. The standard InChI is InChI=1S/C24H32N4O3.Na/c1-17(2)14-21(18(3)16-26-31)23(29)27-22(15-19-8-6-5-7-9-19)24(30)28(4)20-10-12-25-13-11-20;/h5-13,17-18,21-22,31H,1,14-16H2,2-4H3,(H,27,29);/q-1;+1/t17?,18-,21-,22+;/m1./s1. The third-order valence-corrected chi connectivity index (χ3v) is 5.33. The number of hydrogen-bond acceptors (Lipinski definition) is 4. The van der Waals surface area contributed by atoms with Gasteiger partial charge < -0.3 is 20.9 Å². The Hall–Kier alpha value is -1.77. The van der Waals surface area contributed by atoms with Gasteiger partial charge in [-0.3, -0.25) is 14.6 Å². The van der Waals surface area contributed by atoms with Gasteiger partial charge in [0.2, 0.25) is 11.8 Å². The van der Waals surface area contributed by atoms with Crippen LogP contribution in [0.5, 0.6) is 0 Å². The van der Waals surface area contributed by atoms with Crippen molar-refractivity contribution in [1.29, 1.82) is 0 Å². The molecule has 0 spiro atoms. The van der Waals surface area contributed by atoms with Gasteiger partial charge in [0.15, 0.2) is 0 Å². The molecule has 0 aliphatic heterocycles. The molecule has 1 heterocycles. The van der Waals surface area contributed by atoms with Gasteiger partial charge in [-0.25, -0.2) is 0 Å². The summed E-state index contributed by atoms with van der Waals surface area (Å²) in [5.41, 5.74) is 4.86. The zero-order chi connectivity index (χ0) is 22.8. The Bertz CT molecular complexity index is 821. The van der Waals surface area contributed by atoms with Gasteiger partial charge in [-0.15, -0.1) is 6.54 Å². The van der Waals surface area contributed by atoms with Crippen molar-refractivity contribution in [3.63, 3.8) is 0 Å². The molecule has 1 aromatic heterocycles. The number of aromatic nitrogens is 1. The number of carbonyl (C=O) groups excluding carboxylic acids is 2. The van der Waals surface area contributed by atoms with Gasteiger partial charge in [0.25, 0.3) is 0 Å². The number of nitrogens with one attached hydrogen (secondary N) is 1. The van der Waals surface area contributed by atoms with E-state index in [1.807, 2.05) is 44.2 Å². The van der Waals surface area contributed by atoms with Crippen molar-refractivity contribution >= 4 is 17.5 Å². The molecule has 167 valence electrons. The van der Waals surface area contributed by atoms with Crippen LogP contribution in [-0.2, 0) is 16.0 Å². The van der Waals surface area contributed by atoms with E-state index in [-0.39, 0.29) is 59.8 Å². The molecule has 1 unspecified atom stereocenters. The summed E-state index contributed by atoms with van der Waals surface area (Å²) in [4.78, 5) is 32.1. The quantitative estimate of drug-likeness (QED) is 0.391. The van der Waals surface area contributed by atoms with Gasteiger partial charge in [-0.2, -0.15) is 0 Å². The second-order valence-electron chi connectivity index (χ2n) is 8.10. The molecule has 2 amide bonds. The monoisotopic (exact) mass is 447 g/mol. The second kappa shape index (κ2) is 14.4. The number of benzene rings is 1. The largest absolute Gasteiger partial charge is 1.00 e. The van der Waals surface area contributed by atoms with Gasteiger partial charge in [-0.1, -0.05) is 57.0 Å². The number of anilines is 1. The maximum atomic E-state index is 13.3. The van der Waals surface area contributed by atoms with E-state index >= 15 is 0 Å². The average molecular weight is 448 g/mol. The van der Waals surface area contributed by atoms with Crippen LogP contribution in [0.25, 0.3) is 5.48 Å².